The minimum Gasteiger partial charge on any atom is -0.321 e. The molecule has 1 fully saturated rings. The molecule has 6 nitrogen and oxygen atoms in total. The molecule has 0 saturated heterocycles. The molecule has 0 spiro atoms. The van der Waals surface area contributed by atoms with Gasteiger partial charge in [-0.25, -0.2) is 9.37 Å². The lowest BCUT2D eigenvalue weighted by molar-refractivity contribution is -0.117. The second-order valence-electron chi connectivity index (χ2n) is 6.59. The van der Waals surface area contributed by atoms with Crippen molar-refractivity contribution in [3.8, 4) is 11.1 Å². The van der Waals surface area contributed by atoms with Crippen LogP contribution in [0.3, 0.4) is 0 Å². The summed E-state index contributed by atoms with van der Waals surface area (Å²) in [7, 11) is 0. The summed E-state index contributed by atoms with van der Waals surface area (Å²) < 4.78 is 14.0. The van der Waals surface area contributed by atoms with Gasteiger partial charge in [-0.2, -0.15) is 0 Å². The highest BCUT2D eigenvalue weighted by molar-refractivity contribution is 6.05. The summed E-state index contributed by atoms with van der Waals surface area (Å²) in [6, 6.07) is 11.1. The van der Waals surface area contributed by atoms with E-state index in [1.807, 2.05) is 0 Å². The third kappa shape index (κ3) is 4.03. The van der Waals surface area contributed by atoms with Crippen LogP contribution in [-0.4, -0.2) is 21.8 Å². The number of aromatic nitrogens is 2. The Morgan fingerprint density at radius 1 is 1.04 bits per heavy atom. The standard InChI is InChI=1S/C21H17FN4O2/c22-18-4-2-1-3-17(18)15-9-16(12-23-11-15)25-21(28)14-7-8-24-19(10-14)26-20(27)13-5-6-13/h1-4,7-13H,5-6H2,(H,25,28)(H,24,26,27). The van der Waals surface area contributed by atoms with E-state index in [1.165, 1.54) is 30.7 Å². The van der Waals surface area contributed by atoms with Crippen LogP contribution in [0.25, 0.3) is 11.1 Å². The molecule has 4 rings (SSSR count). The predicted molar refractivity (Wildman–Crippen MR) is 103 cm³/mol. The van der Waals surface area contributed by atoms with E-state index in [2.05, 4.69) is 20.6 Å². The third-order valence-corrected chi connectivity index (χ3v) is 4.40. The van der Waals surface area contributed by atoms with E-state index in [1.54, 1.807) is 30.3 Å². The summed E-state index contributed by atoms with van der Waals surface area (Å²) in [4.78, 5) is 32.6. The van der Waals surface area contributed by atoms with Crippen molar-refractivity contribution in [2.45, 2.75) is 12.8 Å². The molecule has 7 heteroatoms. The molecule has 2 N–H and O–H groups in total. The van der Waals surface area contributed by atoms with Gasteiger partial charge in [0.05, 0.1) is 11.9 Å². The molecule has 1 aliphatic carbocycles. The fraction of sp³-hybridized carbons (Fsp3) is 0.143. The molecule has 2 heterocycles. The molecule has 0 bridgehead atoms. The monoisotopic (exact) mass is 376 g/mol. The normalized spacial score (nSPS) is 13.0. The molecule has 0 radical (unpaired) electrons. The number of hydrogen-bond acceptors (Lipinski definition) is 4. The molecule has 3 aromatic rings. The first-order chi connectivity index (χ1) is 13.6. The van der Waals surface area contributed by atoms with Crippen LogP contribution in [0.5, 0.6) is 0 Å². The largest absolute Gasteiger partial charge is 0.321 e. The quantitative estimate of drug-likeness (QED) is 0.708. The van der Waals surface area contributed by atoms with Crippen molar-refractivity contribution in [1.29, 1.82) is 0 Å². The summed E-state index contributed by atoms with van der Waals surface area (Å²) in [5.74, 6) is -0.434. The average Bonchev–Trinajstić information content (AvgIpc) is 3.54. The molecule has 2 amide bonds. The Kier molecular flexibility index (Phi) is 4.80. The molecule has 1 aromatic carbocycles. The lowest BCUT2D eigenvalue weighted by Crippen LogP contribution is -2.16. The molecule has 1 aliphatic rings. The third-order valence-electron chi connectivity index (χ3n) is 4.40. The molecule has 0 aliphatic heterocycles. The van der Waals surface area contributed by atoms with Gasteiger partial charge in [0.2, 0.25) is 5.91 Å². The lowest BCUT2D eigenvalue weighted by Gasteiger charge is -2.09. The first kappa shape index (κ1) is 17.8. The molecule has 140 valence electrons. The van der Waals surface area contributed by atoms with Gasteiger partial charge in [-0.1, -0.05) is 18.2 Å². The van der Waals surface area contributed by atoms with Crippen LogP contribution < -0.4 is 10.6 Å². The summed E-state index contributed by atoms with van der Waals surface area (Å²) in [6.45, 7) is 0. The highest BCUT2D eigenvalue weighted by atomic mass is 19.1. The maximum absolute atomic E-state index is 14.0. The van der Waals surface area contributed by atoms with Gasteiger partial charge in [0, 0.05) is 35.0 Å². The lowest BCUT2D eigenvalue weighted by atomic mass is 10.1. The number of hydrogen-bond donors (Lipinski definition) is 2. The van der Waals surface area contributed by atoms with Crippen LogP contribution in [0, 0.1) is 11.7 Å². The van der Waals surface area contributed by atoms with Crippen LogP contribution >= 0.6 is 0 Å². The van der Waals surface area contributed by atoms with Crippen LogP contribution in [0.15, 0.2) is 61.1 Å². The molecular formula is C21H17FN4O2. The van der Waals surface area contributed by atoms with E-state index < -0.39 is 0 Å². The Morgan fingerprint density at radius 2 is 1.86 bits per heavy atom. The van der Waals surface area contributed by atoms with Crippen LogP contribution in [0.1, 0.15) is 23.2 Å². The fourth-order valence-corrected chi connectivity index (χ4v) is 2.77. The molecule has 28 heavy (non-hydrogen) atoms. The van der Waals surface area contributed by atoms with Crippen LogP contribution in [0.4, 0.5) is 15.9 Å². The van der Waals surface area contributed by atoms with Crippen molar-refractivity contribution < 1.29 is 14.0 Å². The van der Waals surface area contributed by atoms with Crippen molar-refractivity contribution in [3.63, 3.8) is 0 Å². The molecule has 0 atom stereocenters. The first-order valence-corrected chi connectivity index (χ1v) is 8.88. The van der Waals surface area contributed by atoms with Crippen molar-refractivity contribution in [2.75, 3.05) is 10.6 Å². The van der Waals surface area contributed by atoms with E-state index in [9.17, 15) is 14.0 Å². The van der Waals surface area contributed by atoms with Gasteiger partial charge in [0.15, 0.2) is 0 Å². The molecule has 0 unspecified atom stereocenters. The summed E-state index contributed by atoms with van der Waals surface area (Å²) >= 11 is 0. The maximum atomic E-state index is 14.0. The highest BCUT2D eigenvalue weighted by Crippen LogP contribution is 2.30. The molecule has 1 saturated carbocycles. The van der Waals surface area contributed by atoms with Gasteiger partial charge in [0.1, 0.15) is 11.6 Å². The Balaban J connectivity index is 1.50. The van der Waals surface area contributed by atoms with Gasteiger partial charge < -0.3 is 10.6 Å². The number of rotatable bonds is 5. The highest BCUT2D eigenvalue weighted by Gasteiger charge is 2.29. The van der Waals surface area contributed by atoms with Crippen LogP contribution in [0.2, 0.25) is 0 Å². The number of nitrogens with zero attached hydrogens (tertiary/aromatic N) is 2. The van der Waals surface area contributed by atoms with E-state index in [0.717, 1.165) is 12.8 Å². The number of carbonyl (C=O) groups is 2. The second kappa shape index (κ2) is 7.56. The minimum atomic E-state index is -0.378. The zero-order valence-corrected chi connectivity index (χ0v) is 14.9. The zero-order valence-electron chi connectivity index (χ0n) is 14.9. The van der Waals surface area contributed by atoms with Crippen LogP contribution in [-0.2, 0) is 4.79 Å². The Labute approximate surface area is 160 Å². The Bertz CT molecular complexity index is 1050. The average molecular weight is 376 g/mol. The van der Waals surface area contributed by atoms with Gasteiger partial charge in [-0.05, 0) is 37.1 Å². The van der Waals surface area contributed by atoms with Gasteiger partial charge in [-0.3, -0.25) is 14.6 Å². The number of amides is 2. The van der Waals surface area contributed by atoms with E-state index >= 15 is 0 Å². The van der Waals surface area contributed by atoms with Gasteiger partial charge >= 0.3 is 0 Å². The SMILES string of the molecule is O=C(Nc1cncc(-c2ccccc2F)c1)c1ccnc(NC(=O)C2CC2)c1. The Morgan fingerprint density at radius 3 is 2.64 bits per heavy atom. The number of nitrogens with one attached hydrogen (secondary N) is 2. The summed E-state index contributed by atoms with van der Waals surface area (Å²) in [5, 5.41) is 5.45. The van der Waals surface area contributed by atoms with Crippen molar-refractivity contribution in [3.05, 3.63) is 72.4 Å². The smallest absolute Gasteiger partial charge is 0.255 e. The topological polar surface area (TPSA) is 84.0 Å². The molecule has 2 aromatic heterocycles. The van der Waals surface area contributed by atoms with Gasteiger partial charge in [-0.15, -0.1) is 0 Å². The van der Waals surface area contributed by atoms with Gasteiger partial charge in [0.25, 0.3) is 5.91 Å². The fourth-order valence-electron chi connectivity index (χ4n) is 2.77. The van der Waals surface area contributed by atoms with Crippen molar-refractivity contribution >= 4 is 23.3 Å². The number of pyridine rings is 2. The van der Waals surface area contributed by atoms with E-state index in [4.69, 9.17) is 0 Å². The number of carbonyl (C=O) groups excluding carboxylic acids is 2. The summed E-state index contributed by atoms with van der Waals surface area (Å²) in [5.41, 5.74) is 1.74. The molecular weight excluding hydrogens is 359 g/mol. The minimum absolute atomic E-state index is 0.0477. The number of benzene rings is 1. The maximum Gasteiger partial charge on any atom is 0.255 e. The summed E-state index contributed by atoms with van der Waals surface area (Å²) in [6.07, 6.45) is 6.26. The predicted octanol–water partition coefficient (Wildman–Crippen LogP) is 3.88. The van der Waals surface area contributed by atoms with E-state index in [-0.39, 0.29) is 23.5 Å². The number of anilines is 2. The van der Waals surface area contributed by atoms with Crippen molar-refractivity contribution in [2.24, 2.45) is 5.92 Å². The number of halogens is 1. The Hall–Kier alpha value is -3.61. The first-order valence-electron chi connectivity index (χ1n) is 8.88. The second-order valence-corrected chi connectivity index (χ2v) is 6.59. The van der Waals surface area contributed by atoms with E-state index in [0.29, 0.717) is 28.2 Å². The van der Waals surface area contributed by atoms with Crippen molar-refractivity contribution in [1.82, 2.24) is 9.97 Å². The zero-order chi connectivity index (χ0) is 19.5.